The first-order valence-corrected chi connectivity index (χ1v) is 6.44. The van der Waals surface area contributed by atoms with Crippen molar-refractivity contribution in [3.05, 3.63) is 27.7 Å². The number of nitrogen functional groups attached to an aromatic ring is 1. The molecule has 3 nitrogen and oxygen atoms in total. The molecule has 0 saturated heterocycles. The van der Waals surface area contributed by atoms with Crippen LogP contribution in [0.2, 0.25) is 10.0 Å². The van der Waals surface area contributed by atoms with E-state index in [2.05, 4.69) is 5.32 Å². The predicted octanol–water partition coefficient (Wildman–Crippen LogP) is 3.74. The van der Waals surface area contributed by atoms with Crippen molar-refractivity contribution in [1.29, 1.82) is 0 Å². The zero-order valence-electron chi connectivity index (χ0n) is 11.0. The lowest BCUT2D eigenvalue weighted by molar-refractivity contribution is 0.0910. The van der Waals surface area contributed by atoms with Crippen LogP contribution < -0.4 is 11.1 Å². The molecule has 1 aromatic carbocycles. The van der Waals surface area contributed by atoms with E-state index < -0.39 is 0 Å². The summed E-state index contributed by atoms with van der Waals surface area (Å²) in [4.78, 5) is 12.1. The summed E-state index contributed by atoms with van der Waals surface area (Å²) >= 11 is 11.9. The van der Waals surface area contributed by atoms with Crippen LogP contribution >= 0.6 is 23.2 Å². The van der Waals surface area contributed by atoms with Crippen molar-refractivity contribution in [2.75, 3.05) is 5.73 Å². The van der Waals surface area contributed by atoms with Gasteiger partial charge in [0, 0.05) is 11.7 Å². The molecule has 100 valence electrons. The standard InChI is InChI=1S/C13H18Cl2N2O/c1-7(13(2,3)4)17-12(18)9-5-8(16)6-10(14)11(9)15/h5-7H,16H2,1-4H3,(H,17,18). The quantitative estimate of drug-likeness (QED) is 0.815. The van der Waals surface area contributed by atoms with Gasteiger partial charge in [-0.25, -0.2) is 0 Å². The molecule has 1 rings (SSSR count). The van der Waals surface area contributed by atoms with Crippen LogP contribution in [0.5, 0.6) is 0 Å². The zero-order chi connectivity index (χ0) is 14.1. The van der Waals surface area contributed by atoms with Gasteiger partial charge >= 0.3 is 0 Å². The molecule has 0 radical (unpaired) electrons. The summed E-state index contributed by atoms with van der Waals surface area (Å²) in [6, 6.07) is 3.05. The largest absolute Gasteiger partial charge is 0.399 e. The van der Waals surface area contributed by atoms with Gasteiger partial charge in [0.25, 0.3) is 5.91 Å². The van der Waals surface area contributed by atoms with E-state index in [1.807, 2.05) is 27.7 Å². The monoisotopic (exact) mass is 288 g/mol. The molecule has 1 amide bonds. The highest BCUT2D eigenvalue weighted by Crippen LogP contribution is 2.29. The fourth-order valence-corrected chi connectivity index (χ4v) is 1.69. The van der Waals surface area contributed by atoms with Crippen LogP contribution in [0.15, 0.2) is 12.1 Å². The smallest absolute Gasteiger partial charge is 0.253 e. The summed E-state index contributed by atoms with van der Waals surface area (Å²) in [6.45, 7) is 8.09. The normalized spacial score (nSPS) is 13.2. The third-order valence-corrected chi connectivity index (χ3v) is 3.74. The Balaban J connectivity index is 2.99. The molecule has 0 heterocycles. The molecule has 3 N–H and O–H groups in total. The van der Waals surface area contributed by atoms with Gasteiger partial charge in [0.05, 0.1) is 15.6 Å². The summed E-state index contributed by atoms with van der Waals surface area (Å²) < 4.78 is 0. The van der Waals surface area contributed by atoms with Crippen molar-refractivity contribution >= 4 is 34.8 Å². The lowest BCUT2D eigenvalue weighted by atomic mass is 9.88. The third kappa shape index (κ3) is 3.53. The highest BCUT2D eigenvalue weighted by Gasteiger charge is 2.23. The van der Waals surface area contributed by atoms with Gasteiger partial charge < -0.3 is 11.1 Å². The van der Waals surface area contributed by atoms with Crippen molar-refractivity contribution in [2.24, 2.45) is 5.41 Å². The van der Waals surface area contributed by atoms with E-state index >= 15 is 0 Å². The van der Waals surface area contributed by atoms with Crippen molar-refractivity contribution in [2.45, 2.75) is 33.7 Å². The average molecular weight is 289 g/mol. The number of amides is 1. The van der Waals surface area contributed by atoms with Crippen molar-refractivity contribution in [3.8, 4) is 0 Å². The van der Waals surface area contributed by atoms with Gasteiger partial charge in [-0.2, -0.15) is 0 Å². The van der Waals surface area contributed by atoms with Crippen LogP contribution in [0.4, 0.5) is 5.69 Å². The zero-order valence-corrected chi connectivity index (χ0v) is 12.5. The summed E-state index contributed by atoms with van der Waals surface area (Å²) in [5.74, 6) is -0.267. The second-order valence-corrected chi connectivity index (χ2v) is 6.21. The molecule has 0 aliphatic heterocycles. The second kappa shape index (κ2) is 5.37. The first-order chi connectivity index (χ1) is 8.12. The number of anilines is 1. The predicted molar refractivity (Wildman–Crippen MR) is 77.3 cm³/mol. The Morgan fingerprint density at radius 3 is 2.39 bits per heavy atom. The summed E-state index contributed by atoms with van der Waals surface area (Å²) in [5.41, 5.74) is 6.34. The van der Waals surface area contributed by atoms with Gasteiger partial charge in [-0.3, -0.25) is 4.79 Å². The van der Waals surface area contributed by atoms with Gasteiger partial charge in [0.2, 0.25) is 0 Å². The van der Waals surface area contributed by atoms with E-state index in [1.165, 1.54) is 12.1 Å². The van der Waals surface area contributed by atoms with Gasteiger partial charge in [-0.15, -0.1) is 0 Å². The Labute approximate surface area is 118 Å². The van der Waals surface area contributed by atoms with Gasteiger partial charge in [0.1, 0.15) is 0 Å². The first-order valence-electron chi connectivity index (χ1n) is 5.68. The Morgan fingerprint density at radius 1 is 1.33 bits per heavy atom. The number of hydrogen-bond donors (Lipinski definition) is 2. The average Bonchev–Trinajstić information content (AvgIpc) is 2.21. The van der Waals surface area contributed by atoms with Crippen molar-refractivity contribution < 1.29 is 4.79 Å². The summed E-state index contributed by atoms with van der Waals surface area (Å²) in [6.07, 6.45) is 0. The van der Waals surface area contributed by atoms with E-state index in [4.69, 9.17) is 28.9 Å². The fourth-order valence-electron chi connectivity index (χ4n) is 1.27. The van der Waals surface area contributed by atoms with Gasteiger partial charge in [-0.1, -0.05) is 44.0 Å². The Bertz CT molecular complexity index is 467. The number of rotatable bonds is 2. The topological polar surface area (TPSA) is 55.1 Å². The summed E-state index contributed by atoms with van der Waals surface area (Å²) in [5, 5.41) is 3.40. The summed E-state index contributed by atoms with van der Waals surface area (Å²) in [7, 11) is 0. The number of nitrogens with two attached hydrogens (primary N) is 1. The molecule has 0 saturated carbocycles. The molecule has 0 spiro atoms. The van der Waals surface area contributed by atoms with Crippen LogP contribution in [-0.2, 0) is 0 Å². The minimum Gasteiger partial charge on any atom is -0.399 e. The van der Waals surface area contributed by atoms with E-state index in [0.29, 0.717) is 11.3 Å². The Kier molecular flexibility index (Phi) is 4.51. The molecular weight excluding hydrogens is 271 g/mol. The maximum atomic E-state index is 12.1. The first kappa shape index (κ1) is 15.1. The number of carbonyl (C=O) groups excluding carboxylic acids is 1. The van der Waals surface area contributed by atoms with Crippen LogP contribution in [-0.4, -0.2) is 11.9 Å². The lowest BCUT2D eigenvalue weighted by Crippen LogP contribution is -2.41. The SMILES string of the molecule is CC(NC(=O)c1cc(N)cc(Cl)c1Cl)C(C)(C)C. The molecule has 0 fully saturated rings. The molecule has 0 aliphatic rings. The van der Waals surface area contributed by atoms with E-state index in [-0.39, 0.29) is 27.4 Å². The third-order valence-electron chi connectivity index (χ3n) is 2.94. The highest BCUT2D eigenvalue weighted by molar-refractivity contribution is 6.44. The molecule has 1 atom stereocenters. The maximum absolute atomic E-state index is 12.1. The van der Waals surface area contributed by atoms with Gasteiger partial charge in [-0.05, 0) is 24.5 Å². The number of benzene rings is 1. The molecule has 1 unspecified atom stereocenters. The van der Waals surface area contributed by atoms with Gasteiger partial charge in [0.15, 0.2) is 0 Å². The lowest BCUT2D eigenvalue weighted by Gasteiger charge is -2.28. The van der Waals surface area contributed by atoms with Crippen LogP contribution in [0, 0.1) is 5.41 Å². The molecule has 0 aliphatic carbocycles. The molecule has 0 aromatic heterocycles. The fraction of sp³-hybridized carbons (Fsp3) is 0.462. The number of halogens is 2. The van der Waals surface area contributed by atoms with Crippen molar-refractivity contribution in [3.63, 3.8) is 0 Å². The van der Waals surface area contributed by atoms with Crippen LogP contribution in [0.25, 0.3) is 0 Å². The molecular formula is C13H18Cl2N2O. The van der Waals surface area contributed by atoms with Crippen LogP contribution in [0.3, 0.4) is 0 Å². The Hall–Kier alpha value is -0.930. The minimum atomic E-state index is -0.267. The number of nitrogens with one attached hydrogen (secondary N) is 1. The van der Waals surface area contributed by atoms with Crippen molar-refractivity contribution in [1.82, 2.24) is 5.32 Å². The molecule has 5 heteroatoms. The van der Waals surface area contributed by atoms with E-state index in [0.717, 1.165) is 0 Å². The maximum Gasteiger partial charge on any atom is 0.253 e. The highest BCUT2D eigenvalue weighted by atomic mass is 35.5. The van der Waals surface area contributed by atoms with Crippen LogP contribution in [0.1, 0.15) is 38.1 Å². The Morgan fingerprint density at radius 2 is 1.89 bits per heavy atom. The molecule has 0 bridgehead atoms. The minimum absolute atomic E-state index is 0.00118. The molecule has 18 heavy (non-hydrogen) atoms. The number of carbonyl (C=O) groups is 1. The number of hydrogen-bond acceptors (Lipinski definition) is 2. The second-order valence-electron chi connectivity index (χ2n) is 5.43. The molecule has 1 aromatic rings. The van der Waals surface area contributed by atoms with E-state index in [9.17, 15) is 4.79 Å². The van der Waals surface area contributed by atoms with E-state index in [1.54, 1.807) is 0 Å².